The predicted octanol–water partition coefficient (Wildman–Crippen LogP) is 4.00. The number of rotatable bonds is 4. The van der Waals surface area contributed by atoms with Gasteiger partial charge in [0, 0.05) is 12.4 Å². The van der Waals surface area contributed by atoms with E-state index in [0.717, 1.165) is 22.5 Å². The molecule has 0 unspecified atom stereocenters. The second-order valence-corrected chi connectivity index (χ2v) is 5.78. The van der Waals surface area contributed by atoms with Crippen LogP contribution in [0.4, 0.5) is 0 Å². The van der Waals surface area contributed by atoms with Gasteiger partial charge in [-0.05, 0) is 68.3 Å². The van der Waals surface area contributed by atoms with Crippen LogP contribution in [0.15, 0.2) is 48.8 Å². The lowest BCUT2D eigenvalue weighted by molar-refractivity contribution is 0.0526. The van der Waals surface area contributed by atoms with E-state index in [9.17, 15) is 4.79 Å². The highest BCUT2D eigenvalue weighted by atomic mass is 16.5. The fourth-order valence-electron chi connectivity index (χ4n) is 2.52. The molecule has 0 saturated heterocycles. The van der Waals surface area contributed by atoms with Gasteiger partial charge in [0.25, 0.3) is 0 Å². The number of nitrogens with zero attached hydrogens (tertiary/aromatic N) is 3. The molecule has 0 fully saturated rings. The molecule has 3 aromatic heterocycles. The highest BCUT2D eigenvalue weighted by Crippen LogP contribution is 2.23. The standard InChI is InChI=1S/C20H19N3O2/c1-4-25-20(24)15-6-8-22-17(12-15)19-11-14(3)10-18(23-19)16-9-13(2)5-7-21-16/h5-12H,4H2,1-3H3. The van der Waals surface area contributed by atoms with Crippen molar-refractivity contribution in [3.8, 4) is 22.8 Å². The number of esters is 1. The molecular formula is C20H19N3O2. The van der Waals surface area contributed by atoms with Crippen LogP contribution in [0.25, 0.3) is 22.8 Å². The molecule has 0 aliphatic heterocycles. The van der Waals surface area contributed by atoms with Crippen LogP contribution in [0.5, 0.6) is 0 Å². The number of aryl methyl sites for hydroxylation is 2. The summed E-state index contributed by atoms with van der Waals surface area (Å²) in [5.41, 5.74) is 5.55. The maximum atomic E-state index is 11.9. The number of pyridine rings is 3. The van der Waals surface area contributed by atoms with Crippen molar-refractivity contribution in [3.05, 3.63) is 65.5 Å². The van der Waals surface area contributed by atoms with E-state index in [0.29, 0.717) is 23.6 Å². The van der Waals surface area contributed by atoms with Crippen LogP contribution in [0, 0.1) is 13.8 Å². The minimum Gasteiger partial charge on any atom is -0.462 e. The quantitative estimate of drug-likeness (QED) is 0.675. The molecule has 0 aliphatic carbocycles. The zero-order valence-electron chi connectivity index (χ0n) is 14.5. The predicted molar refractivity (Wildman–Crippen MR) is 96.1 cm³/mol. The van der Waals surface area contributed by atoms with Crippen molar-refractivity contribution in [3.63, 3.8) is 0 Å². The fourth-order valence-corrected chi connectivity index (χ4v) is 2.52. The first-order chi connectivity index (χ1) is 12.1. The largest absolute Gasteiger partial charge is 0.462 e. The first-order valence-electron chi connectivity index (χ1n) is 8.12. The Kier molecular flexibility index (Phi) is 4.84. The minimum atomic E-state index is -0.362. The van der Waals surface area contributed by atoms with Crippen molar-refractivity contribution in [1.29, 1.82) is 0 Å². The van der Waals surface area contributed by atoms with Crippen molar-refractivity contribution in [2.45, 2.75) is 20.8 Å². The van der Waals surface area contributed by atoms with Crippen LogP contribution in [0.1, 0.15) is 28.4 Å². The topological polar surface area (TPSA) is 65.0 Å². The molecule has 5 heteroatoms. The summed E-state index contributed by atoms with van der Waals surface area (Å²) in [6, 6.07) is 11.2. The zero-order chi connectivity index (χ0) is 17.8. The van der Waals surface area contributed by atoms with Gasteiger partial charge in [-0.2, -0.15) is 0 Å². The zero-order valence-corrected chi connectivity index (χ0v) is 14.5. The maximum Gasteiger partial charge on any atom is 0.338 e. The van der Waals surface area contributed by atoms with Gasteiger partial charge >= 0.3 is 5.97 Å². The van der Waals surface area contributed by atoms with Gasteiger partial charge in [0.05, 0.1) is 34.9 Å². The third kappa shape index (κ3) is 3.88. The van der Waals surface area contributed by atoms with Crippen LogP contribution in [0.3, 0.4) is 0 Å². The van der Waals surface area contributed by atoms with Crippen molar-refractivity contribution < 1.29 is 9.53 Å². The highest BCUT2D eigenvalue weighted by molar-refractivity contribution is 5.90. The summed E-state index contributed by atoms with van der Waals surface area (Å²) < 4.78 is 5.05. The third-order valence-corrected chi connectivity index (χ3v) is 3.68. The van der Waals surface area contributed by atoms with Gasteiger partial charge in [0.15, 0.2) is 0 Å². The second kappa shape index (κ2) is 7.21. The molecule has 0 saturated carbocycles. The summed E-state index contributed by atoms with van der Waals surface area (Å²) >= 11 is 0. The Morgan fingerprint density at radius 1 is 0.880 bits per heavy atom. The van der Waals surface area contributed by atoms with Crippen LogP contribution in [-0.2, 0) is 4.74 Å². The van der Waals surface area contributed by atoms with E-state index in [1.54, 1.807) is 31.5 Å². The Balaban J connectivity index is 2.04. The lowest BCUT2D eigenvalue weighted by atomic mass is 10.1. The van der Waals surface area contributed by atoms with E-state index in [1.807, 2.05) is 38.1 Å². The molecule has 0 bridgehead atoms. The molecule has 25 heavy (non-hydrogen) atoms. The first kappa shape index (κ1) is 16.8. The Morgan fingerprint density at radius 3 is 2.12 bits per heavy atom. The van der Waals surface area contributed by atoms with Crippen LogP contribution in [-0.4, -0.2) is 27.5 Å². The summed E-state index contributed by atoms with van der Waals surface area (Å²) in [6.07, 6.45) is 3.37. The number of ether oxygens (including phenoxy) is 1. The van der Waals surface area contributed by atoms with E-state index in [2.05, 4.69) is 15.0 Å². The van der Waals surface area contributed by atoms with E-state index >= 15 is 0 Å². The number of carbonyl (C=O) groups excluding carboxylic acids is 1. The van der Waals surface area contributed by atoms with Gasteiger partial charge in [-0.15, -0.1) is 0 Å². The first-order valence-corrected chi connectivity index (χ1v) is 8.12. The van der Waals surface area contributed by atoms with E-state index in [-0.39, 0.29) is 5.97 Å². The van der Waals surface area contributed by atoms with E-state index in [1.165, 1.54) is 0 Å². The molecule has 126 valence electrons. The van der Waals surface area contributed by atoms with E-state index < -0.39 is 0 Å². The number of carbonyl (C=O) groups is 1. The van der Waals surface area contributed by atoms with Crippen molar-refractivity contribution >= 4 is 5.97 Å². The molecule has 0 radical (unpaired) electrons. The van der Waals surface area contributed by atoms with E-state index in [4.69, 9.17) is 4.74 Å². The van der Waals surface area contributed by atoms with Gasteiger partial charge in [0.1, 0.15) is 0 Å². The molecule has 3 aromatic rings. The maximum absolute atomic E-state index is 11.9. The number of hydrogen-bond donors (Lipinski definition) is 0. The molecule has 3 rings (SSSR count). The Morgan fingerprint density at radius 2 is 1.48 bits per heavy atom. The highest BCUT2D eigenvalue weighted by Gasteiger charge is 2.11. The van der Waals surface area contributed by atoms with Gasteiger partial charge in [-0.25, -0.2) is 9.78 Å². The molecule has 0 atom stereocenters. The lowest BCUT2D eigenvalue weighted by Gasteiger charge is -2.08. The van der Waals surface area contributed by atoms with Crippen molar-refractivity contribution in [2.75, 3.05) is 6.61 Å². The van der Waals surface area contributed by atoms with Crippen LogP contribution < -0.4 is 0 Å². The normalized spacial score (nSPS) is 10.5. The fraction of sp³-hybridized carbons (Fsp3) is 0.200. The molecule has 0 aliphatic rings. The van der Waals surface area contributed by atoms with Crippen LogP contribution in [0.2, 0.25) is 0 Å². The molecule has 3 heterocycles. The summed E-state index contributed by atoms with van der Waals surface area (Å²) in [6.45, 7) is 6.14. The Bertz CT molecular complexity index is 922. The minimum absolute atomic E-state index is 0.336. The molecule has 0 spiro atoms. The van der Waals surface area contributed by atoms with Crippen molar-refractivity contribution in [1.82, 2.24) is 15.0 Å². The van der Waals surface area contributed by atoms with Crippen LogP contribution >= 0.6 is 0 Å². The van der Waals surface area contributed by atoms with Crippen molar-refractivity contribution in [2.24, 2.45) is 0 Å². The Hall–Kier alpha value is -3.08. The molecule has 0 aromatic carbocycles. The smallest absolute Gasteiger partial charge is 0.338 e. The monoisotopic (exact) mass is 333 g/mol. The third-order valence-electron chi connectivity index (χ3n) is 3.68. The molecular weight excluding hydrogens is 314 g/mol. The Labute approximate surface area is 146 Å². The second-order valence-electron chi connectivity index (χ2n) is 5.78. The van der Waals surface area contributed by atoms with Gasteiger partial charge < -0.3 is 4.74 Å². The van der Waals surface area contributed by atoms with Gasteiger partial charge in [-0.3, -0.25) is 9.97 Å². The molecule has 5 nitrogen and oxygen atoms in total. The van der Waals surface area contributed by atoms with Gasteiger partial charge in [0.2, 0.25) is 0 Å². The number of hydrogen-bond acceptors (Lipinski definition) is 5. The summed E-state index contributed by atoms with van der Waals surface area (Å²) in [4.78, 5) is 25.4. The lowest BCUT2D eigenvalue weighted by Crippen LogP contribution is -2.05. The SMILES string of the molecule is CCOC(=O)c1ccnc(-c2cc(C)cc(-c3cc(C)ccn3)n2)c1. The summed E-state index contributed by atoms with van der Waals surface area (Å²) in [7, 11) is 0. The number of aromatic nitrogens is 3. The average molecular weight is 333 g/mol. The van der Waals surface area contributed by atoms with Gasteiger partial charge in [-0.1, -0.05) is 0 Å². The molecule has 0 amide bonds. The summed E-state index contributed by atoms with van der Waals surface area (Å²) in [5, 5.41) is 0. The average Bonchev–Trinajstić information content (AvgIpc) is 2.61. The summed E-state index contributed by atoms with van der Waals surface area (Å²) in [5.74, 6) is -0.362. The molecule has 0 N–H and O–H groups in total.